The first-order chi connectivity index (χ1) is 9.49. The van der Waals surface area contributed by atoms with Crippen LogP contribution in [-0.2, 0) is 0 Å². The molecule has 0 saturated carbocycles. The standard InChI is InChI=1S/C12H11BrN2O4S/c1-15(12(17)18)11-14-9-8(19-2)4-3-6(7(16)5-13)10(9)20-11/h3-4H,5H2,1-2H3,(H,17,18). The Hall–Kier alpha value is -1.67. The van der Waals surface area contributed by atoms with Crippen LogP contribution in [0, 0.1) is 0 Å². The number of ether oxygens (including phenoxy) is 1. The molecule has 1 aromatic heterocycles. The minimum Gasteiger partial charge on any atom is -0.494 e. The molecular formula is C12H11BrN2O4S. The van der Waals surface area contributed by atoms with Crippen molar-refractivity contribution in [2.45, 2.75) is 0 Å². The molecule has 0 bridgehead atoms. The minimum atomic E-state index is -1.11. The van der Waals surface area contributed by atoms with E-state index < -0.39 is 6.09 Å². The summed E-state index contributed by atoms with van der Waals surface area (Å²) in [5.41, 5.74) is 0.993. The first kappa shape index (κ1) is 14.7. The van der Waals surface area contributed by atoms with Crippen molar-refractivity contribution in [3.05, 3.63) is 17.7 Å². The van der Waals surface area contributed by atoms with Crippen LogP contribution in [0.15, 0.2) is 12.1 Å². The Morgan fingerprint density at radius 2 is 2.20 bits per heavy atom. The van der Waals surface area contributed by atoms with Gasteiger partial charge in [0.05, 0.1) is 17.1 Å². The van der Waals surface area contributed by atoms with Gasteiger partial charge in [-0.05, 0) is 12.1 Å². The highest BCUT2D eigenvalue weighted by Gasteiger charge is 2.20. The van der Waals surface area contributed by atoms with E-state index in [1.165, 1.54) is 14.2 Å². The van der Waals surface area contributed by atoms with Gasteiger partial charge in [0, 0.05) is 12.6 Å². The lowest BCUT2D eigenvalue weighted by molar-refractivity contribution is 0.102. The SMILES string of the molecule is COc1ccc(C(=O)CBr)c2sc(N(C)C(=O)O)nc12. The van der Waals surface area contributed by atoms with Crippen molar-refractivity contribution < 1.29 is 19.4 Å². The lowest BCUT2D eigenvalue weighted by atomic mass is 10.1. The smallest absolute Gasteiger partial charge is 0.413 e. The number of hydrogen-bond acceptors (Lipinski definition) is 5. The topological polar surface area (TPSA) is 79.7 Å². The Morgan fingerprint density at radius 1 is 1.50 bits per heavy atom. The monoisotopic (exact) mass is 358 g/mol. The van der Waals surface area contributed by atoms with Crippen LogP contribution in [0.2, 0.25) is 0 Å². The average Bonchev–Trinajstić information content (AvgIpc) is 2.89. The molecule has 8 heteroatoms. The molecule has 0 aliphatic heterocycles. The Balaban J connectivity index is 2.68. The first-order valence-corrected chi connectivity index (χ1v) is 7.46. The predicted octanol–water partition coefficient (Wildman–Crippen LogP) is 3.00. The van der Waals surface area contributed by atoms with Crippen molar-refractivity contribution >= 4 is 54.5 Å². The summed E-state index contributed by atoms with van der Waals surface area (Å²) in [5.74, 6) is 0.415. The highest BCUT2D eigenvalue weighted by atomic mass is 79.9. The van der Waals surface area contributed by atoms with E-state index in [1.807, 2.05) is 0 Å². The van der Waals surface area contributed by atoms with Crippen LogP contribution in [0.25, 0.3) is 10.2 Å². The molecule has 0 aliphatic rings. The number of aromatic nitrogens is 1. The van der Waals surface area contributed by atoms with Crippen LogP contribution in [0.1, 0.15) is 10.4 Å². The quantitative estimate of drug-likeness (QED) is 0.671. The zero-order chi connectivity index (χ0) is 14.9. The molecule has 106 valence electrons. The van der Waals surface area contributed by atoms with E-state index in [0.29, 0.717) is 26.7 Å². The molecule has 1 N–H and O–H groups in total. The largest absolute Gasteiger partial charge is 0.494 e. The number of carbonyl (C=O) groups excluding carboxylic acids is 1. The highest BCUT2D eigenvalue weighted by Crippen LogP contribution is 2.36. The van der Waals surface area contributed by atoms with Gasteiger partial charge < -0.3 is 9.84 Å². The van der Waals surface area contributed by atoms with Crippen LogP contribution in [0.5, 0.6) is 5.75 Å². The summed E-state index contributed by atoms with van der Waals surface area (Å²) in [7, 11) is 2.90. The molecule has 6 nitrogen and oxygen atoms in total. The summed E-state index contributed by atoms with van der Waals surface area (Å²) in [4.78, 5) is 28.2. The van der Waals surface area contributed by atoms with Crippen molar-refractivity contribution in [1.82, 2.24) is 4.98 Å². The van der Waals surface area contributed by atoms with Crippen molar-refractivity contribution in [2.75, 3.05) is 24.4 Å². The number of ketones is 1. The maximum atomic E-state index is 11.9. The van der Waals surface area contributed by atoms with Gasteiger partial charge in [-0.15, -0.1) is 0 Å². The number of carbonyl (C=O) groups is 2. The van der Waals surface area contributed by atoms with E-state index in [9.17, 15) is 9.59 Å². The van der Waals surface area contributed by atoms with E-state index in [-0.39, 0.29) is 11.1 Å². The van der Waals surface area contributed by atoms with Crippen molar-refractivity contribution in [2.24, 2.45) is 0 Å². The number of carboxylic acid groups (broad SMARTS) is 1. The summed E-state index contributed by atoms with van der Waals surface area (Å²) in [6, 6.07) is 3.32. The normalized spacial score (nSPS) is 10.6. The maximum Gasteiger partial charge on any atom is 0.413 e. The molecule has 0 saturated heterocycles. The van der Waals surface area contributed by atoms with Gasteiger partial charge in [-0.25, -0.2) is 9.78 Å². The van der Waals surface area contributed by atoms with Gasteiger partial charge in [0.2, 0.25) is 0 Å². The lowest BCUT2D eigenvalue weighted by Crippen LogP contribution is -2.23. The minimum absolute atomic E-state index is 0.0918. The fourth-order valence-corrected chi connectivity index (χ4v) is 3.02. The Bertz CT molecular complexity index is 685. The van der Waals surface area contributed by atoms with Gasteiger partial charge in [0.1, 0.15) is 11.3 Å². The third-order valence-corrected chi connectivity index (χ3v) is 4.39. The first-order valence-electron chi connectivity index (χ1n) is 5.53. The molecule has 0 spiro atoms. The molecule has 1 amide bonds. The predicted molar refractivity (Wildman–Crippen MR) is 80.7 cm³/mol. The van der Waals surface area contributed by atoms with Crippen LogP contribution < -0.4 is 9.64 Å². The number of benzene rings is 1. The number of nitrogens with zero attached hydrogens (tertiary/aromatic N) is 2. The van der Waals surface area contributed by atoms with Crippen molar-refractivity contribution in [3.8, 4) is 5.75 Å². The van der Waals surface area contributed by atoms with E-state index >= 15 is 0 Å². The van der Waals surface area contributed by atoms with E-state index in [0.717, 1.165) is 16.2 Å². The molecule has 2 rings (SSSR count). The van der Waals surface area contributed by atoms with Crippen LogP contribution in [0.3, 0.4) is 0 Å². The van der Waals surface area contributed by atoms with Gasteiger partial charge in [-0.2, -0.15) is 0 Å². The number of rotatable bonds is 4. The molecule has 20 heavy (non-hydrogen) atoms. The summed E-state index contributed by atoms with van der Waals surface area (Å²) < 4.78 is 5.83. The fraction of sp³-hybridized carbons (Fsp3) is 0.250. The Labute approximate surface area is 127 Å². The number of alkyl halides is 1. The number of methoxy groups -OCH3 is 1. The summed E-state index contributed by atoms with van der Waals surface area (Å²) in [6.45, 7) is 0. The third kappa shape index (κ3) is 2.48. The van der Waals surface area contributed by atoms with Gasteiger partial charge in [-0.1, -0.05) is 27.3 Å². The lowest BCUT2D eigenvalue weighted by Gasteiger charge is -2.06. The summed E-state index contributed by atoms with van der Waals surface area (Å²) in [5, 5.41) is 9.48. The van der Waals surface area contributed by atoms with Crippen LogP contribution in [0.4, 0.5) is 9.93 Å². The third-order valence-electron chi connectivity index (χ3n) is 2.71. The second-order valence-electron chi connectivity index (χ2n) is 3.89. The zero-order valence-corrected chi connectivity index (χ0v) is 13.1. The van der Waals surface area contributed by atoms with E-state index in [1.54, 1.807) is 12.1 Å². The molecular weight excluding hydrogens is 348 g/mol. The number of amides is 1. The number of thiazole rings is 1. The van der Waals surface area contributed by atoms with Gasteiger partial charge >= 0.3 is 6.09 Å². The van der Waals surface area contributed by atoms with Gasteiger partial charge in [-0.3, -0.25) is 9.69 Å². The number of fused-ring (bicyclic) bond motifs is 1. The Morgan fingerprint density at radius 3 is 2.75 bits per heavy atom. The second kappa shape index (κ2) is 5.76. The summed E-state index contributed by atoms with van der Waals surface area (Å²) in [6.07, 6.45) is -1.11. The number of hydrogen-bond donors (Lipinski definition) is 1. The van der Waals surface area contributed by atoms with Crippen molar-refractivity contribution in [3.63, 3.8) is 0 Å². The average molecular weight is 359 g/mol. The second-order valence-corrected chi connectivity index (χ2v) is 5.43. The molecule has 0 unspecified atom stereocenters. The molecule has 2 aromatic rings. The van der Waals surface area contributed by atoms with Crippen LogP contribution >= 0.6 is 27.3 Å². The maximum absolute atomic E-state index is 11.9. The van der Waals surface area contributed by atoms with Crippen LogP contribution in [-0.4, -0.2) is 41.5 Å². The molecule has 1 aromatic carbocycles. The number of halogens is 1. The van der Waals surface area contributed by atoms with Crippen molar-refractivity contribution in [1.29, 1.82) is 0 Å². The number of anilines is 1. The molecule has 1 heterocycles. The zero-order valence-electron chi connectivity index (χ0n) is 10.7. The molecule has 0 fully saturated rings. The van der Waals surface area contributed by atoms with E-state index in [4.69, 9.17) is 9.84 Å². The van der Waals surface area contributed by atoms with Gasteiger partial charge in [0.15, 0.2) is 10.9 Å². The molecule has 0 radical (unpaired) electrons. The van der Waals surface area contributed by atoms with E-state index in [2.05, 4.69) is 20.9 Å². The summed E-state index contributed by atoms with van der Waals surface area (Å²) >= 11 is 4.28. The Kier molecular flexibility index (Phi) is 4.24. The van der Waals surface area contributed by atoms with Gasteiger partial charge in [0.25, 0.3) is 0 Å². The highest BCUT2D eigenvalue weighted by molar-refractivity contribution is 9.09. The molecule has 0 atom stereocenters. The molecule has 0 aliphatic carbocycles. The number of Topliss-reactive ketones (excluding diaryl/α,β-unsaturated/α-hetero) is 1. The fourth-order valence-electron chi connectivity index (χ4n) is 1.65.